The summed E-state index contributed by atoms with van der Waals surface area (Å²) in [5, 5.41) is 20.7. The molecule has 148 valence electrons. The van der Waals surface area contributed by atoms with E-state index in [2.05, 4.69) is 27.5 Å². The second kappa shape index (κ2) is 11.2. The van der Waals surface area contributed by atoms with Gasteiger partial charge in [0, 0.05) is 24.9 Å². The third-order valence-corrected chi connectivity index (χ3v) is 4.97. The van der Waals surface area contributed by atoms with Crippen LogP contribution in [0.3, 0.4) is 0 Å². The Balaban J connectivity index is 0.00000176. The summed E-state index contributed by atoms with van der Waals surface area (Å²) in [6.07, 6.45) is 10.8. The minimum Gasteiger partial charge on any atom is -0.465 e. The van der Waals surface area contributed by atoms with Gasteiger partial charge in [0.15, 0.2) is 0 Å². The molecule has 0 aliphatic heterocycles. The molecule has 1 aromatic rings. The Labute approximate surface area is 162 Å². The molecule has 1 aliphatic carbocycles. The first-order valence-electron chi connectivity index (χ1n) is 9.67. The van der Waals surface area contributed by atoms with Crippen LogP contribution < -0.4 is 5.32 Å². The third kappa shape index (κ3) is 6.28. The lowest BCUT2D eigenvalue weighted by molar-refractivity contribution is 0.115. The molecule has 6 heteroatoms. The van der Waals surface area contributed by atoms with Crippen molar-refractivity contribution in [2.45, 2.75) is 59.4 Å². The van der Waals surface area contributed by atoms with Crippen molar-refractivity contribution in [3.05, 3.63) is 30.4 Å². The molecular weight excluding hydrogens is 340 g/mol. The summed E-state index contributed by atoms with van der Waals surface area (Å²) in [7, 11) is 0. The number of amides is 1. The number of imidazole rings is 1. The highest BCUT2D eigenvalue weighted by molar-refractivity contribution is 5.64. The molecular formula is C21H32N4O2. The molecule has 6 nitrogen and oxygen atoms in total. The SMILES string of the molecule is C=Cc1ncn(CC2(CC#N)CCCC(CNC(=O)O)C2)c1/C=C\C.CC. The first-order valence-corrected chi connectivity index (χ1v) is 9.67. The fraction of sp³-hybridized carbons (Fsp3) is 0.571. The molecule has 0 saturated heterocycles. The average Bonchev–Trinajstić information content (AvgIpc) is 3.04. The summed E-state index contributed by atoms with van der Waals surface area (Å²) in [5.74, 6) is 0.269. The van der Waals surface area contributed by atoms with E-state index >= 15 is 0 Å². The van der Waals surface area contributed by atoms with Gasteiger partial charge >= 0.3 is 6.09 Å². The first kappa shape index (κ1) is 22.5. The van der Waals surface area contributed by atoms with E-state index in [-0.39, 0.29) is 11.3 Å². The zero-order chi connectivity index (χ0) is 20.3. The molecule has 2 N–H and O–H groups in total. The van der Waals surface area contributed by atoms with Gasteiger partial charge in [-0.15, -0.1) is 0 Å². The van der Waals surface area contributed by atoms with Crippen LogP contribution in [-0.2, 0) is 6.54 Å². The van der Waals surface area contributed by atoms with Gasteiger partial charge in [-0.25, -0.2) is 9.78 Å². The second-order valence-electron chi connectivity index (χ2n) is 6.83. The average molecular weight is 373 g/mol. The van der Waals surface area contributed by atoms with Gasteiger partial charge in [0.1, 0.15) is 0 Å². The van der Waals surface area contributed by atoms with E-state index in [1.165, 1.54) is 0 Å². The lowest BCUT2D eigenvalue weighted by Crippen LogP contribution is -2.37. The van der Waals surface area contributed by atoms with E-state index in [0.29, 0.717) is 19.5 Å². The van der Waals surface area contributed by atoms with Crippen molar-refractivity contribution in [3.63, 3.8) is 0 Å². The van der Waals surface area contributed by atoms with Crippen LogP contribution in [0.25, 0.3) is 12.2 Å². The fourth-order valence-corrected chi connectivity index (χ4v) is 3.91. The molecule has 1 aliphatic rings. The van der Waals surface area contributed by atoms with Gasteiger partial charge in [-0.2, -0.15) is 5.26 Å². The number of nitriles is 1. The van der Waals surface area contributed by atoms with Crippen LogP contribution in [0.4, 0.5) is 4.79 Å². The van der Waals surface area contributed by atoms with Crippen LogP contribution in [0.2, 0.25) is 0 Å². The maximum Gasteiger partial charge on any atom is 0.404 e. The normalized spacial score (nSPS) is 21.8. The Kier molecular flexibility index (Phi) is 9.35. The summed E-state index contributed by atoms with van der Waals surface area (Å²) in [6.45, 7) is 10.9. The number of rotatable bonds is 7. The van der Waals surface area contributed by atoms with Crippen LogP contribution in [0.1, 0.15) is 64.3 Å². The molecule has 1 heterocycles. The van der Waals surface area contributed by atoms with Gasteiger partial charge in [0.25, 0.3) is 0 Å². The monoisotopic (exact) mass is 372 g/mol. The Morgan fingerprint density at radius 1 is 1.59 bits per heavy atom. The molecule has 0 radical (unpaired) electrons. The van der Waals surface area contributed by atoms with E-state index in [9.17, 15) is 10.1 Å². The molecule has 1 fully saturated rings. The van der Waals surface area contributed by atoms with Gasteiger partial charge in [0.2, 0.25) is 0 Å². The quantitative estimate of drug-likeness (QED) is 0.709. The van der Waals surface area contributed by atoms with Crippen molar-refractivity contribution < 1.29 is 9.90 Å². The predicted molar refractivity (Wildman–Crippen MR) is 109 cm³/mol. The Bertz CT molecular complexity index is 687. The van der Waals surface area contributed by atoms with Gasteiger partial charge in [0.05, 0.1) is 23.8 Å². The Morgan fingerprint density at radius 2 is 2.33 bits per heavy atom. The fourth-order valence-electron chi connectivity index (χ4n) is 3.91. The minimum absolute atomic E-state index is 0.146. The van der Waals surface area contributed by atoms with Crippen LogP contribution in [0, 0.1) is 22.7 Å². The Morgan fingerprint density at radius 3 is 2.93 bits per heavy atom. The largest absolute Gasteiger partial charge is 0.465 e. The van der Waals surface area contributed by atoms with Crippen LogP contribution in [-0.4, -0.2) is 27.3 Å². The van der Waals surface area contributed by atoms with Crippen LogP contribution >= 0.6 is 0 Å². The molecule has 1 saturated carbocycles. The topological polar surface area (TPSA) is 90.9 Å². The van der Waals surface area contributed by atoms with Crippen molar-refractivity contribution in [2.24, 2.45) is 11.3 Å². The molecule has 1 amide bonds. The standard InChI is InChI=1S/C19H26N4O2.C2H6/c1-3-6-17-16(4-2)22-14-23(17)13-19(9-10-20)8-5-7-15(11-19)12-21-18(24)25;1-2/h3-4,6,14-15,21H,2,5,7-9,11-13H2,1H3,(H,24,25);1-2H3/b6-3-;. The van der Waals surface area contributed by atoms with E-state index in [4.69, 9.17) is 5.11 Å². The number of nitrogens with zero attached hydrogens (tertiary/aromatic N) is 3. The molecule has 0 spiro atoms. The maximum absolute atomic E-state index is 10.8. The summed E-state index contributed by atoms with van der Waals surface area (Å²) < 4.78 is 2.10. The molecule has 0 bridgehead atoms. The summed E-state index contributed by atoms with van der Waals surface area (Å²) in [4.78, 5) is 15.2. The number of carbonyl (C=O) groups is 1. The Hall–Kier alpha value is -2.55. The van der Waals surface area contributed by atoms with Crippen molar-refractivity contribution in [1.82, 2.24) is 14.9 Å². The van der Waals surface area contributed by atoms with Gasteiger partial charge in [-0.3, -0.25) is 0 Å². The van der Waals surface area contributed by atoms with Crippen molar-refractivity contribution in [1.29, 1.82) is 5.26 Å². The van der Waals surface area contributed by atoms with Gasteiger partial charge in [-0.1, -0.05) is 32.9 Å². The smallest absolute Gasteiger partial charge is 0.404 e. The lowest BCUT2D eigenvalue weighted by atomic mass is 9.67. The number of hydrogen-bond donors (Lipinski definition) is 2. The third-order valence-electron chi connectivity index (χ3n) is 4.97. The number of carboxylic acid groups (broad SMARTS) is 1. The predicted octanol–water partition coefficient (Wildman–Crippen LogP) is 4.94. The molecule has 2 rings (SSSR count). The van der Waals surface area contributed by atoms with Crippen LogP contribution in [0.5, 0.6) is 0 Å². The summed E-state index contributed by atoms with van der Waals surface area (Å²) in [6, 6.07) is 2.35. The molecule has 1 aromatic heterocycles. The van der Waals surface area contributed by atoms with Gasteiger partial charge < -0.3 is 15.0 Å². The number of aromatic nitrogens is 2. The minimum atomic E-state index is -0.989. The lowest BCUT2D eigenvalue weighted by Gasteiger charge is -2.40. The van der Waals surface area contributed by atoms with Crippen molar-refractivity contribution in [3.8, 4) is 6.07 Å². The van der Waals surface area contributed by atoms with Gasteiger partial charge in [-0.05, 0) is 44.3 Å². The number of allylic oxidation sites excluding steroid dienone is 1. The zero-order valence-electron chi connectivity index (χ0n) is 16.7. The van der Waals surface area contributed by atoms with Crippen molar-refractivity contribution in [2.75, 3.05) is 6.54 Å². The maximum atomic E-state index is 10.8. The first-order chi connectivity index (χ1) is 13.0. The van der Waals surface area contributed by atoms with E-state index in [1.807, 2.05) is 39.3 Å². The highest BCUT2D eigenvalue weighted by Gasteiger charge is 2.37. The highest BCUT2D eigenvalue weighted by atomic mass is 16.4. The summed E-state index contributed by atoms with van der Waals surface area (Å²) in [5.41, 5.74) is 1.69. The molecule has 27 heavy (non-hydrogen) atoms. The second-order valence-corrected chi connectivity index (χ2v) is 6.83. The molecule has 2 atom stereocenters. The number of hydrogen-bond acceptors (Lipinski definition) is 3. The zero-order valence-corrected chi connectivity index (χ0v) is 16.7. The molecule has 0 aromatic carbocycles. The number of nitrogens with one attached hydrogen (secondary N) is 1. The summed E-state index contributed by atoms with van der Waals surface area (Å²) >= 11 is 0. The van der Waals surface area contributed by atoms with E-state index in [0.717, 1.165) is 37.1 Å². The molecule has 2 unspecified atom stereocenters. The highest BCUT2D eigenvalue weighted by Crippen LogP contribution is 2.43. The van der Waals surface area contributed by atoms with E-state index < -0.39 is 6.09 Å². The van der Waals surface area contributed by atoms with Crippen molar-refractivity contribution >= 4 is 18.2 Å². The van der Waals surface area contributed by atoms with Crippen LogP contribution in [0.15, 0.2) is 19.0 Å². The van der Waals surface area contributed by atoms with E-state index in [1.54, 1.807) is 6.08 Å².